The Balaban J connectivity index is 2.07. The van der Waals surface area contributed by atoms with E-state index < -0.39 is 21.7 Å². The number of halogens is 1. The van der Waals surface area contributed by atoms with Gasteiger partial charge in [0.05, 0.1) is 18.1 Å². The highest BCUT2D eigenvalue weighted by Gasteiger charge is 2.19. The summed E-state index contributed by atoms with van der Waals surface area (Å²) in [4.78, 5) is 11.6. The second kappa shape index (κ2) is 7.12. The fourth-order valence-electron chi connectivity index (χ4n) is 2.17. The van der Waals surface area contributed by atoms with Crippen LogP contribution in [0.25, 0.3) is 5.57 Å². The standard InChI is InChI=1S/C16H20FNO4S/c1-11(2)10-22-16(19)18-13-3-4-14(15(17)9-13)12-5-7-23(20,21)8-6-12/h3-5,9,11H,6-8,10H2,1-2H3,(H,18,19). The minimum atomic E-state index is -3.05. The van der Waals surface area contributed by atoms with E-state index in [1.54, 1.807) is 12.1 Å². The van der Waals surface area contributed by atoms with Crippen LogP contribution < -0.4 is 5.32 Å². The number of hydrogen-bond donors (Lipinski definition) is 1. The van der Waals surface area contributed by atoms with Crippen LogP contribution in [-0.4, -0.2) is 32.6 Å². The topological polar surface area (TPSA) is 72.5 Å². The number of nitrogens with one attached hydrogen (secondary N) is 1. The summed E-state index contributed by atoms with van der Waals surface area (Å²) >= 11 is 0. The molecule has 0 aliphatic carbocycles. The molecule has 1 N–H and O–H groups in total. The Morgan fingerprint density at radius 2 is 2.13 bits per heavy atom. The Morgan fingerprint density at radius 3 is 2.70 bits per heavy atom. The van der Waals surface area contributed by atoms with Gasteiger partial charge in [-0.05, 0) is 36.1 Å². The number of carbonyl (C=O) groups is 1. The third-order valence-corrected chi connectivity index (χ3v) is 4.88. The van der Waals surface area contributed by atoms with Gasteiger partial charge >= 0.3 is 6.09 Å². The van der Waals surface area contributed by atoms with Crippen molar-refractivity contribution in [1.82, 2.24) is 0 Å². The van der Waals surface area contributed by atoms with Crippen molar-refractivity contribution in [2.75, 3.05) is 23.4 Å². The molecule has 23 heavy (non-hydrogen) atoms. The molecule has 0 fully saturated rings. The molecule has 1 aromatic rings. The monoisotopic (exact) mass is 341 g/mol. The van der Waals surface area contributed by atoms with Gasteiger partial charge in [-0.15, -0.1) is 0 Å². The highest BCUT2D eigenvalue weighted by molar-refractivity contribution is 7.91. The van der Waals surface area contributed by atoms with Crippen LogP contribution in [0.1, 0.15) is 25.8 Å². The van der Waals surface area contributed by atoms with E-state index in [2.05, 4.69) is 5.32 Å². The van der Waals surface area contributed by atoms with Crippen LogP contribution in [0.3, 0.4) is 0 Å². The van der Waals surface area contributed by atoms with Crippen molar-refractivity contribution >= 4 is 27.2 Å². The Bertz CT molecular complexity index is 726. The summed E-state index contributed by atoms with van der Waals surface area (Å²) in [5.74, 6) is -0.324. The van der Waals surface area contributed by atoms with Crippen molar-refractivity contribution < 1.29 is 22.3 Å². The third-order valence-electron chi connectivity index (χ3n) is 3.38. The fraction of sp³-hybridized carbons (Fsp3) is 0.438. The van der Waals surface area contributed by atoms with Gasteiger partial charge in [0.1, 0.15) is 5.82 Å². The van der Waals surface area contributed by atoms with Gasteiger partial charge in [-0.2, -0.15) is 0 Å². The molecular weight excluding hydrogens is 321 g/mol. The van der Waals surface area contributed by atoms with Crippen LogP contribution in [0.4, 0.5) is 14.9 Å². The Kier molecular flexibility index (Phi) is 5.41. The van der Waals surface area contributed by atoms with E-state index in [0.717, 1.165) is 0 Å². The largest absolute Gasteiger partial charge is 0.449 e. The lowest BCUT2D eigenvalue weighted by Gasteiger charge is -2.15. The molecule has 1 aliphatic heterocycles. The Hall–Kier alpha value is -1.89. The minimum Gasteiger partial charge on any atom is -0.449 e. The molecule has 0 spiro atoms. The van der Waals surface area contributed by atoms with Crippen molar-refractivity contribution in [2.45, 2.75) is 20.3 Å². The van der Waals surface area contributed by atoms with Gasteiger partial charge in [0.25, 0.3) is 0 Å². The first kappa shape index (κ1) is 17.5. The number of allylic oxidation sites excluding steroid dienone is 1. The normalized spacial score (nSPS) is 16.8. The van der Waals surface area contributed by atoms with Gasteiger partial charge in [-0.1, -0.05) is 19.9 Å². The first-order valence-corrected chi connectivity index (χ1v) is 9.22. The number of anilines is 1. The second-order valence-electron chi connectivity index (χ2n) is 5.91. The van der Waals surface area contributed by atoms with Crippen molar-refractivity contribution in [2.24, 2.45) is 5.92 Å². The van der Waals surface area contributed by atoms with Crippen molar-refractivity contribution in [1.29, 1.82) is 0 Å². The minimum absolute atomic E-state index is 0.0276. The average molecular weight is 341 g/mol. The van der Waals surface area contributed by atoms with E-state index in [1.807, 2.05) is 13.8 Å². The molecule has 0 atom stereocenters. The third kappa shape index (κ3) is 5.06. The summed E-state index contributed by atoms with van der Waals surface area (Å²) in [6, 6.07) is 4.31. The molecule has 7 heteroatoms. The maximum Gasteiger partial charge on any atom is 0.411 e. The summed E-state index contributed by atoms with van der Waals surface area (Å²) in [5.41, 5.74) is 1.33. The number of benzene rings is 1. The molecule has 0 saturated heterocycles. The number of sulfone groups is 1. The molecule has 126 valence electrons. The first-order valence-electron chi connectivity index (χ1n) is 7.40. The lowest BCUT2D eigenvalue weighted by molar-refractivity contribution is 0.147. The molecule has 0 aromatic heterocycles. The molecular formula is C16H20FNO4S. The van der Waals surface area contributed by atoms with Crippen molar-refractivity contribution in [3.8, 4) is 0 Å². The van der Waals surface area contributed by atoms with E-state index in [-0.39, 0.29) is 24.0 Å². The highest BCUT2D eigenvalue weighted by Crippen LogP contribution is 2.27. The molecule has 0 radical (unpaired) electrons. The quantitative estimate of drug-likeness (QED) is 0.912. The lowest BCUT2D eigenvalue weighted by atomic mass is 10.0. The van der Waals surface area contributed by atoms with E-state index in [1.165, 1.54) is 12.1 Å². The summed E-state index contributed by atoms with van der Waals surface area (Å²) < 4.78 is 42.0. The molecule has 5 nitrogen and oxygen atoms in total. The van der Waals surface area contributed by atoms with Crippen LogP contribution in [0, 0.1) is 11.7 Å². The van der Waals surface area contributed by atoms with Crippen LogP contribution in [0.2, 0.25) is 0 Å². The second-order valence-corrected chi connectivity index (χ2v) is 8.13. The van der Waals surface area contributed by atoms with Gasteiger partial charge in [0.15, 0.2) is 9.84 Å². The molecule has 2 rings (SSSR count). The molecule has 1 aliphatic rings. The first-order chi connectivity index (χ1) is 10.8. The molecule has 1 heterocycles. The Morgan fingerprint density at radius 1 is 1.39 bits per heavy atom. The van der Waals surface area contributed by atoms with E-state index in [9.17, 15) is 17.6 Å². The molecule has 0 bridgehead atoms. The van der Waals surface area contributed by atoms with Gasteiger partial charge in [0.2, 0.25) is 0 Å². The number of amides is 1. The molecule has 0 unspecified atom stereocenters. The van der Waals surface area contributed by atoms with E-state index >= 15 is 0 Å². The smallest absolute Gasteiger partial charge is 0.411 e. The van der Waals surface area contributed by atoms with Crippen LogP contribution in [0.15, 0.2) is 24.3 Å². The van der Waals surface area contributed by atoms with Gasteiger partial charge in [-0.25, -0.2) is 17.6 Å². The zero-order valence-corrected chi connectivity index (χ0v) is 14.0. The average Bonchev–Trinajstić information content (AvgIpc) is 2.46. The summed E-state index contributed by atoms with van der Waals surface area (Å²) in [6.07, 6.45) is 1.21. The fourth-order valence-corrected chi connectivity index (χ4v) is 3.33. The zero-order valence-electron chi connectivity index (χ0n) is 13.1. The van der Waals surface area contributed by atoms with E-state index in [0.29, 0.717) is 23.2 Å². The predicted octanol–water partition coefficient (Wildman–Crippen LogP) is 3.23. The SMILES string of the molecule is CC(C)COC(=O)Nc1ccc(C2=CCS(=O)(=O)CC2)c(F)c1. The summed E-state index contributed by atoms with van der Waals surface area (Å²) in [6.45, 7) is 4.12. The van der Waals surface area contributed by atoms with Crippen LogP contribution in [-0.2, 0) is 14.6 Å². The molecule has 1 aromatic carbocycles. The number of ether oxygens (including phenoxy) is 1. The van der Waals surface area contributed by atoms with E-state index in [4.69, 9.17) is 4.74 Å². The predicted molar refractivity (Wildman–Crippen MR) is 87.5 cm³/mol. The van der Waals surface area contributed by atoms with Gasteiger partial charge < -0.3 is 4.74 Å². The maximum atomic E-state index is 14.2. The molecule has 1 amide bonds. The van der Waals surface area contributed by atoms with Gasteiger partial charge in [0, 0.05) is 11.3 Å². The van der Waals surface area contributed by atoms with Crippen LogP contribution in [0.5, 0.6) is 0 Å². The number of carbonyl (C=O) groups excluding carboxylic acids is 1. The van der Waals surface area contributed by atoms with Crippen molar-refractivity contribution in [3.05, 3.63) is 35.7 Å². The summed E-state index contributed by atoms with van der Waals surface area (Å²) in [5, 5.41) is 2.46. The zero-order chi connectivity index (χ0) is 17.0. The van der Waals surface area contributed by atoms with Gasteiger partial charge in [-0.3, -0.25) is 5.32 Å². The number of rotatable bonds is 4. The number of hydrogen-bond acceptors (Lipinski definition) is 4. The summed E-state index contributed by atoms with van der Waals surface area (Å²) in [7, 11) is -3.05. The molecule has 0 saturated carbocycles. The van der Waals surface area contributed by atoms with Crippen molar-refractivity contribution in [3.63, 3.8) is 0 Å². The maximum absolute atomic E-state index is 14.2. The highest BCUT2D eigenvalue weighted by atomic mass is 32.2. The van der Waals surface area contributed by atoms with Crippen LogP contribution >= 0.6 is 0 Å². The Labute approximate surface area is 135 Å². The lowest BCUT2D eigenvalue weighted by Crippen LogP contribution is -2.17.